The topological polar surface area (TPSA) is 75.1 Å². The summed E-state index contributed by atoms with van der Waals surface area (Å²) in [4.78, 5) is 19.2. The van der Waals surface area contributed by atoms with E-state index in [9.17, 15) is 4.79 Å². The van der Waals surface area contributed by atoms with Crippen LogP contribution < -0.4 is 5.32 Å². The van der Waals surface area contributed by atoms with E-state index < -0.39 is 0 Å². The highest BCUT2D eigenvalue weighted by atomic mass is 16.3. The van der Waals surface area contributed by atoms with E-state index in [1.54, 1.807) is 12.4 Å². The SMILES string of the molecule is CC(C)c1cnc(C(=O)NCCO)nc1. The van der Waals surface area contributed by atoms with Gasteiger partial charge in [-0.05, 0) is 11.5 Å². The largest absolute Gasteiger partial charge is 0.395 e. The van der Waals surface area contributed by atoms with Gasteiger partial charge in [0.25, 0.3) is 5.91 Å². The van der Waals surface area contributed by atoms with Gasteiger partial charge in [0.2, 0.25) is 5.82 Å². The monoisotopic (exact) mass is 209 g/mol. The molecule has 0 saturated carbocycles. The number of aromatic nitrogens is 2. The smallest absolute Gasteiger partial charge is 0.289 e. The van der Waals surface area contributed by atoms with Crippen LogP contribution in [0.5, 0.6) is 0 Å². The zero-order valence-corrected chi connectivity index (χ0v) is 8.90. The number of hydrogen-bond acceptors (Lipinski definition) is 4. The van der Waals surface area contributed by atoms with Gasteiger partial charge in [0.05, 0.1) is 6.61 Å². The van der Waals surface area contributed by atoms with Gasteiger partial charge in [-0.25, -0.2) is 9.97 Å². The molecule has 0 aliphatic carbocycles. The molecule has 5 heteroatoms. The lowest BCUT2D eigenvalue weighted by molar-refractivity contribution is 0.0934. The Morgan fingerprint density at radius 1 is 1.47 bits per heavy atom. The van der Waals surface area contributed by atoms with Crippen LogP contribution in [0.25, 0.3) is 0 Å². The van der Waals surface area contributed by atoms with Crippen molar-refractivity contribution >= 4 is 5.91 Å². The minimum atomic E-state index is -0.362. The first-order valence-electron chi connectivity index (χ1n) is 4.86. The molecule has 1 aromatic rings. The van der Waals surface area contributed by atoms with Crippen molar-refractivity contribution in [3.63, 3.8) is 0 Å². The summed E-state index contributed by atoms with van der Waals surface area (Å²) in [5.41, 5.74) is 0.994. The van der Waals surface area contributed by atoms with Gasteiger partial charge in [0.15, 0.2) is 0 Å². The Bertz CT molecular complexity index is 322. The van der Waals surface area contributed by atoms with Crippen molar-refractivity contribution in [1.82, 2.24) is 15.3 Å². The van der Waals surface area contributed by atoms with Crippen molar-refractivity contribution in [3.05, 3.63) is 23.8 Å². The van der Waals surface area contributed by atoms with Crippen molar-refractivity contribution in [1.29, 1.82) is 0 Å². The summed E-state index contributed by atoms with van der Waals surface area (Å²) < 4.78 is 0. The number of rotatable bonds is 4. The zero-order valence-electron chi connectivity index (χ0n) is 8.90. The summed E-state index contributed by atoms with van der Waals surface area (Å²) in [5, 5.41) is 11.0. The third kappa shape index (κ3) is 3.28. The highest BCUT2D eigenvalue weighted by molar-refractivity contribution is 5.90. The van der Waals surface area contributed by atoms with Gasteiger partial charge in [-0.2, -0.15) is 0 Å². The number of aliphatic hydroxyl groups is 1. The van der Waals surface area contributed by atoms with E-state index in [1.165, 1.54) is 0 Å². The van der Waals surface area contributed by atoms with Gasteiger partial charge in [-0.15, -0.1) is 0 Å². The molecule has 1 amide bonds. The molecule has 0 saturated heterocycles. The first-order valence-corrected chi connectivity index (χ1v) is 4.86. The summed E-state index contributed by atoms with van der Waals surface area (Å²) >= 11 is 0. The fourth-order valence-electron chi connectivity index (χ4n) is 1.00. The Hall–Kier alpha value is -1.49. The Morgan fingerprint density at radius 2 is 2.07 bits per heavy atom. The summed E-state index contributed by atoms with van der Waals surface area (Å²) in [6.07, 6.45) is 3.29. The summed E-state index contributed by atoms with van der Waals surface area (Å²) in [6.45, 7) is 4.19. The van der Waals surface area contributed by atoms with Crippen molar-refractivity contribution in [2.24, 2.45) is 0 Å². The molecular weight excluding hydrogens is 194 g/mol. The Morgan fingerprint density at radius 3 is 2.53 bits per heavy atom. The second kappa shape index (κ2) is 5.41. The highest BCUT2D eigenvalue weighted by Crippen LogP contribution is 2.10. The van der Waals surface area contributed by atoms with E-state index in [4.69, 9.17) is 5.11 Å². The van der Waals surface area contributed by atoms with Crippen LogP contribution in [-0.2, 0) is 0 Å². The first-order chi connectivity index (χ1) is 7.15. The molecule has 82 valence electrons. The van der Waals surface area contributed by atoms with Crippen molar-refractivity contribution < 1.29 is 9.90 Å². The zero-order chi connectivity index (χ0) is 11.3. The minimum Gasteiger partial charge on any atom is -0.395 e. The van der Waals surface area contributed by atoms with E-state index in [2.05, 4.69) is 15.3 Å². The molecule has 1 heterocycles. The van der Waals surface area contributed by atoms with Gasteiger partial charge in [-0.3, -0.25) is 4.79 Å². The Balaban J connectivity index is 2.67. The predicted octanol–water partition coefficient (Wildman–Crippen LogP) is 0.322. The minimum absolute atomic E-state index is 0.0875. The van der Waals surface area contributed by atoms with Crippen LogP contribution in [0.2, 0.25) is 0 Å². The molecule has 15 heavy (non-hydrogen) atoms. The van der Waals surface area contributed by atoms with Crippen molar-refractivity contribution in [2.45, 2.75) is 19.8 Å². The number of carbonyl (C=O) groups is 1. The molecule has 0 atom stereocenters. The number of hydrogen-bond donors (Lipinski definition) is 2. The predicted molar refractivity (Wildman–Crippen MR) is 55.5 cm³/mol. The van der Waals surface area contributed by atoms with E-state index in [-0.39, 0.29) is 24.9 Å². The molecule has 0 unspecified atom stereocenters. The molecule has 1 rings (SSSR count). The van der Waals surface area contributed by atoms with Crippen molar-refractivity contribution in [3.8, 4) is 0 Å². The van der Waals surface area contributed by atoms with E-state index in [0.29, 0.717) is 5.92 Å². The molecule has 5 nitrogen and oxygen atoms in total. The average Bonchev–Trinajstić information content (AvgIpc) is 2.26. The Labute approximate surface area is 88.6 Å². The first kappa shape index (κ1) is 11.6. The van der Waals surface area contributed by atoms with Gasteiger partial charge in [-0.1, -0.05) is 13.8 Å². The summed E-state index contributed by atoms with van der Waals surface area (Å²) in [7, 11) is 0. The van der Waals surface area contributed by atoms with Crippen LogP contribution in [0.4, 0.5) is 0 Å². The highest BCUT2D eigenvalue weighted by Gasteiger charge is 2.08. The van der Waals surface area contributed by atoms with E-state index >= 15 is 0 Å². The van der Waals surface area contributed by atoms with Gasteiger partial charge in [0.1, 0.15) is 0 Å². The lowest BCUT2D eigenvalue weighted by Gasteiger charge is -2.05. The maximum absolute atomic E-state index is 11.3. The normalized spacial score (nSPS) is 10.4. The van der Waals surface area contributed by atoms with Crippen LogP contribution in [-0.4, -0.2) is 34.1 Å². The number of nitrogens with zero attached hydrogens (tertiary/aromatic N) is 2. The third-order valence-electron chi connectivity index (χ3n) is 1.94. The maximum atomic E-state index is 11.3. The molecule has 0 radical (unpaired) electrons. The number of amides is 1. The van der Waals surface area contributed by atoms with Crippen LogP contribution >= 0.6 is 0 Å². The van der Waals surface area contributed by atoms with Crippen LogP contribution in [0.3, 0.4) is 0 Å². The third-order valence-corrected chi connectivity index (χ3v) is 1.94. The molecular formula is C10H15N3O2. The fourth-order valence-corrected chi connectivity index (χ4v) is 1.00. The summed E-state index contributed by atoms with van der Waals surface area (Å²) in [6, 6.07) is 0. The fraction of sp³-hybridized carbons (Fsp3) is 0.500. The molecule has 0 spiro atoms. The second-order valence-electron chi connectivity index (χ2n) is 3.47. The molecule has 2 N–H and O–H groups in total. The molecule has 0 aromatic carbocycles. The lowest BCUT2D eigenvalue weighted by atomic mass is 10.1. The lowest BCUT2D eigenvalue weighted by Crippen LogP contribution is -2.28. The average molecular weight is 209 g/mol. The standard InChI is InChI=1S/C10H15N3O2/c1-7(2)8-5-12-9(13-6-8)10(15)11-3-4-14/h5-7,14H,3-4H2,1-2H3,(H,11,15). The van der Waals surface area contributed by atoms with Gasteiger partial charge < -0.3 is 10.4 Å². The maximum Gasteiger partial charge on any atom is 0.289 e. The van der Waals surface area contributed by atoms with Crippen LogP contribution in [0, 0.1) is 0 Å². The molecule has 0 aliphatic rings. The Kier molecular flexibility index (Phi) is 4.17. The van der Waals surface area contributed by atoms with Crippen LogP contribution in [0.1, 0.15) is 35.9 Å². The summed E-state index contributed by atoms with van der Waals surface area (Å²) in [5.74, 6) is 0.117. The van der Waals surface area contributed by atoms with E-state index in [1.807, 2.05) is 13.8 Å². The second-order valence-corrected chi connectivity index (χ2v) is 3.47. The van der Waals surface area contributed by atoms with Crippen molar-refractivity contribution in [2.75, 3.05) is 13.2 Å². The number of nitrogens with one attached hydrogen (secondary N) is 1. The molecule has 1 aromatic heterocycles. The van der Waals surface area contributed by atoms with E-state index in [0.717, 1.165) is 5.56 Å². The van der Waals surface area contributed by atoms with Gasteiger partial charge in [0, 0.05) is 18.9 Å². The van der Waals surface area contributed by atoms with Crippen LogP contribution in [0.15, 0.2) is 12.4 Å². The number of carbonyl (C=O) groups excluding carboxylic acids is 1. The molecule has 0 fully saturated rings. The quantitative estimate of drug-likeness (QED) is 0.749. The molecule has 0 aliphatic heterocycles. The number of aliphatic hydroxyl groups excluding tert-OH is 1. The molecule has 0 bridgehead atoms. The van der Waals surface area contributed by atoms with Gasteiger partial charge >= 0.3 is 0 Å².